The molecule has 1 fully saturated rings. The van der Waals surface area contributed by atoms with Gasteiger partial charge in [-0.15, -0.1) is 0 Å². The molecule has 11 heteroatoms. The fourth-order valence-electron chi connectivity index (χ4n) is 4.56. The predicted molar refractivity (Wildman–Crippen MR) is 129 cm³/mol. The molecule has 0 aliphatic carbocycles. The van der Waals surface area contributed by atoms with Gasteiger partial charge in [-0.25, -0.2) is 9.78 Å². The van der Waals surface area contributed by atoms with Gasteiger partial charge in [0.2, 0.25) is 0 Å². The van der Waals surface area contributed by atoms with Gasteiger partial charge in [-0.2, -0.15) is 0 Å². The first-order chi connectivity index (χ1) is 17.5. The molecule has 198 valence electrons. The number of hydrogen-bond donors (Lipinski definition) is 3. The molecular formula is C26H30N2O9. The Morgan fingerprint density at radius 3 is 2.46 bits per heavy atom. The average molecular weight is 520 g/mol. The van der Waals surface area contributed by atoms with Crippen LogP contribution in [0.4, 0.5) is 0 Å². The molecule has 1 aliphatic rings. The van der Waals surface area contributed by atoms with E-state index < -0.39 is 71.3 Å². The zero-order valence-corrected chi connectivity index (χ0v) is 21.0. The van der Waals surface area contributed by atoms with Gasteiger partial charge in [-0.05, 0) is 32.8 Å². The maximum atomic E-state index is 13.3. The number of nitrogens with zero attached hydrogens (tertiary/aromatic N) is 1. The highest BCUT2D eigenvalue weighted by molar-refractivity contribution is 5.98. The Labute approximate surface area is 213 Å². The van der Waals surface area contributed by atoms with E-state index in [1.165, 1.54) is 40.1 Å². The summed E-state index contributed by atoms with van der Waals surface area (Å²) >= 11 is 0. The second-order valence-corrected chi connectivity index (χ2v) is 9.36. The summed E-state index contributed by atoms with van der Waals surface area (Å²) in [6, 6.07) is 8.93. The maximum Gasteiger partial charge on any atom is 0.332 e. The molecule has 0 bridgehead atoms. The predicted octanol–water partition coefficient (Wildman–Crippen LogP) is 1.97. The quantitative estimate of drug-likeness (QED) is 0.460. The van der Waals surface area contributed by atoms with E-state index in [1.807, 2.05) is 6.07 Å². The van der Waals surface area contributed by atoms with E-state index in [9.17, 15) is 29.4 Å². The number of carbonyl (C=O) groups excluding carboxylic acids is 3. The van der Waals surface area contributed by atoms with E-state index in [-0.39, 0.29) is 12.2 Å². The number of carbonyl (C=O) groups is 4. The van der Waals surface area contributed by atoms with Crippen molar-refractivity contribution in [3.8, 4) is 11.5 Å². The molecule has 1 saturated heterocycles. The molecule has 0 saturated carbocycles. The van der Waals surface area contributed by atoms with Crippen LogP contribution < -0.4 is 10.1 Å². The molecule has 11 nitrogen and oxygen atoms in total. The number of methoxy groups -OCH3 is 1. The number of pyridine rings is 1. The van der Waals surface area contributed by atoms with Gasteiger partial charge in [0, 0.05) is 18.2 Å². The van der Waals surface area contributed by atoms with Crippen molar-refractivity contribution in [1.82, 2.24) is 10.3 Å². The maximum absolute atomic E-state index is 13.3. The van der Waals surface area contributed by atoms with Gasteiger partial charge in [0.15, 0.2) is 23.2 Å². The molecule has 1 aromatic heterocycles. The molecule has 3 N–H and O–H groups in total. The highest BCUT2D eigenvalue weighted by atomic mass is 16.6. The molecule has 0 unspecified atom stereocenters. The van der Waals surface area contributed by atoms with Crippen molar-refractivity contribution in [2.24, 2.45) is 17.3 Å². The number of carboxylic acids is 1. The van der Waals surface area contributed by atoms with E-state index in [0.29, 0.717) is 0 Å². The number of benzene rings is 1. The van der Waals surface area contributed by atoms with Crippen LogP contribution in [0.2, 0.25) is 0 Å². The van der Waals surface area contributed by atoms with Gasteiger partial charge >= 0.3 is 17.9 Å². The van der Waals surface area contributed by atoms with Crippen molar-refractivity contribution in [3.63, 3.8) is 0 Å². The third-order valence-electron chi connectivity index (χ3n) is 6.53. The minimum atomic E-state index is -1.47. The Hall–Kier alpha value is -4.15. The number of aliphatic carboxylic acids is 1. The number of aromatic nitrogens is 1. The molecule has 0 spiro atoms. The number of carboxylic acid groups (broad SMARTS) is 1. The molecule has 2 aromatic rings. The van der Waals surface area contributed by atoms with Crippen molar-refractivity contribution in [3.05, 3.63) is 53.9 Å². The third kappa shape index (κ3) is 5.99. The lowest BCUT2D eigenvalue weighted by atomic mass is 9.68. The highest BCUT2D eigenvalue weighted by Gasteiger charge is 2.50. The standard InChI is InChI=1S/C26H30N2O9/c1-14-19(26(2,3)25(33)34)16(12-15-8-6-5-7-9-15)23(31)36-13-17(24(32)37-14)28-22(30)20-21(29)18(35-4)10-11-27-20/h5-11,14,16-17,19,29H,12-13H2,1-4H3,(H,28,30)(H,33,34)/t14-,16+,17-,19+/m0/s1/i5+1,6+1,7+1,8+1,9+1,15+1. The molecular weight excluding hydrogens is 490 g/mol. The molecule has 0 radical (unpaired) electrons. The zero-order chi connectivity index (χ0) is 27.3. The molecule has 2 heterocycles. The number of ether oxygens (including phenoxy) is 3. The summed E-state index contributed by atoms with van der Waals surface area (Å²) in [6.45, 7) is 3.87. The van der Waals surface area contributed by atoms with Crippen LogP contribution in [-0.4, -0.2) is 64.9 Å². The monoisotopic (exact) mass is 520 g/mol. The summed E-state index contributed by atoms with van der Waals surface area (Å²) in [5, 5.41) is 22.6. The summed E-state index contributed by atoms with van der Waals surface area (Å²) in [4.78, 5) is 55.2. The fraction of sp³-hybridized carbons (Fsp3) is 0.423. The Kier molecular flexibility index (Phi) is 8.36. The van der Waals surface area contributed by atoms with Crippen molar-refractivity contribution >= 4 is 23.8 Å². The first kappa shape index (κ1) is 27.4. The number of hydrogen-bond acceptors (Lipinski definition) is 9. The van der Waals surface area contributed by atoms with Gasteiger partial charge < -0.3 is 29.7 Å². The Morgan fingerprint density at radius 1 is 1.16 bits per heavy atom. The Balaban J connectivity index is 1.93. The van der Waals surface area contributed by atoms with E-state index >= 15 is 0 Å². The van der Waals surface area contributed by atoms with Crippen LogP contribution in [-0.2, 0) is 30.3 Å². The first-order valence-electron chi connectivity index (χ1n) is 11.6. The molecule has 1 aromatic carbocycles. The van der Waals surface area contributed by atoms with Crippen LogP contribution in [0, 0.1) is 17.3 Å². The highest BCUT2D eigenvalue weighted by Crippen LogP contribution is 2.40. The molecule has 3 rings (SSSR count). The summed E-state index contributed by atoms with van der Waals surface area (Å²) in [6.07, 6.45) is 0.367. The van der Waals surface area contributed by atoms with E-state index in [1.54, 1.807) is 24.3 Å². The molecule has 1 aliphatic heterocycles. The van der Waals surface area contributed by atoms with Gasteiger partial charge in [0.25, 0.3) is 5.91 Å². The second kappa shape index (κ2) is 11.3. The minimum absolute atomic E-state index is 0.000240. The number of aromatic hydroxyl groups is 1. The van der Waals surface area contributed by atoms with Crippen molar-refractivity contribution < 1.29 is 43.6 Å². The molecule has 37 heavy (non-hydrogen) atoms. The molecule has 4 atom stereocenters. The Morgan fingerprint density at radius 2 is 1.84 bits per heavy atom. The van der Waals surface area contributed by atoms with E-state index in [2.05, 4.69) is 10.3 Å². The number of amides is 1. The van der Waals surface area contributed by atoms with Crippen LogP contribution in [0.15, 0.2) is 42.6 Å². The summed E-state index contributed by atoms with van der Waals surface area (Å²) in [5.41, 5.74) is -1.10. The zero-order valence-electron chi connectivity index (χ0n) is 21.0. The van der Waals surface area contributed by atoms with Crippen molar-refractivity contribution in [1.29, 1.82) is 0 Å². The number of cyclic esters (lactones) is 2. The smallest absolute Gasteiger partial charge is 0.332 e. The number of nitrogens with one attached hydrogen (secondary N) is 1. The average Bonchev–Trinajstić information content (AvgIpc) is 2.89. The largest absolute Gasteiger partial charge is 0.503 e. The van der Waals surface area contributed by atoms with E-state index in [4.69, 9.17) is 14.2 Å². The van der Waals surface area contributed by atoms with Gasteiger partial charge in [-0.3, -0.25) is 14.4 Å². The van der Waals surface area contributed by atoms with Crippen molar-refractivity contribution in [2.75, 3.05) is 13.7 Å². The normalized spacial score (nSPS) is 22.5. The summed E-state index contributed by atoms with van der Waals surface area (Å²) in [7, 11) is 1.30. The van der Waals surface area contributed by atoms with Crippen LogP contribution in [0.3, 0.4) is 0 Å². The van der Waals surface area contributed by atoms with Gasteiger partial charge in [0.05, 0.1) is 18.4 Å². The minimum Gasteiger partial charge on any atom is -0.503 e. The summed E-state index contributed by atoms with van der Waals surface area (Å²) < 4.78 is 16.0. The van der Waals surface area contributed by atoms with Crippen molar-refractivity contribution in [2.45, 2.75) is 39.3 Å². The first-order valence-corrected chi connectivity index (χ1v) is 11.6. The second-order valence-electron chi connectivity index (χ2n) is 9.36. The fourth-order valence-corrected chi connectivity index (χ4v) is 4.56. The van der Waals surface area contributed by atoms with E-state index in [0.717, 1.165) is 5.56 Å². The van der Waals surface area contributed by atoms with Crippen LogP contribution in [0.5, 0.6) is 11.5 Å². The van der Waals surface area contributed by atoms with Crippen LogP contribution in [0.1, 0.15) is 36.8 Å². The SMILES string of the molecule is COc1ccnc(C(=O)N[C@H]2COC(=O)[C@H](C[13c]3[13cH][13cH][13cH][13cH][13cH]3)[C@H](C(C)(C)C(=O)O)[C@H](C)OC2=O)c1O. The number of esters is 2. The van der Waals surface area contributed by atoms with Crippen LogP contribution >= 0.6 is 0 Å². The topological polar surface area (TPSA) is 161 Å². The van der Waals surface area contributed by atoms with Gasteiger partial charge in [-0.1, -0.05) is 30.3 Å². The van der Waals surface area contributed by atoms with Gasteiger partial charge in [0.1, 0.15) is 12.7 Å². The summed E-state index contributed by atoms with van der Waals surface area (Å²) in [5.74, 6) is -6.21. The van der Waals surface area contributed by atoms with Crippen LogP contribution in [0.25, 0.3) is 0 Å². The third-order valence-corrected chi connectivity index (χ3v) is 6.53. The number of rotatable bonds is 7. The lowest BCUT2D eigenvalue weighted by Crippen LogP contribution is -2.48. The lowest BCUT2D eigenvalue weighted by molar-refractivity contribution is -0.168. The Bertz CT molecular complexity index is 1170. The molecule has 1 amide bonds. The lowest BCUT2D eigenvalue weighted by Gasteiger charge is -2.38.